The summed E-state index contributed by atoms with van der Waals surface area (Å²) in [6.45, 7) is 9.76. The van der Waals surface area contributed by atoms with E-state index in [1.807, 2.05) is 6.07 Å². The summed E-state index contributed by atoms with van der Waals surface area (Å²) in [7, 11) is 0. The van der Waals surface area contributed by atoms with E-state index in [9.17, 15) is 19.5 Å². The van der Waals surface area contributed by atoms with Crippen LogP contribution < -0.4 is 5.32 Å². The third kappa shape index (κ3) is 8.95. The van der Waals surface area contributed by atoms with Crippen molar-refractivity contribution in [2.24, 2.45) is 5.92 Å². The van der Waals surface area contributed by atoms with Crippen molar-refractivity contribution in [2.75, 3.05) is 0 Å². The van der Waals surface area contributed by atoms with E-state index in [0.29, 0.717) is 0 Å². The number of amides is 1. The quantitative estimate of drug-likeness (QED) is 0.501. The van der Waals surface area contributed by atoms with Gasteiger partial charge in [-0.1, -0.05) is 44.2 Å². The van der Waals surface area contributed by atoms with Gasteiger partial charge in [-0.2, -0.15) is 0 Å². The first-order chi connectivity index (χ1) is 13.4. The number of ether oxygens (including phenoxy) is 3. The molecule has 8 nitrogen and oxygen atoms in total. The smallest absolute Gasteiger partial charge is 0.408 e. The van der Waals surface area contributed by atoms with E-state index >= 15 is 0 Å². The molecule has 0 heterocycles. The van der Waals surface area contributed by atoms with Gasteiger partial charge in [0.2, 0.25) is 0 Å². The Morgan fingerprint density at radius 2 is 1.62 bits per heavy atom. The molecule has 1 rings (SSSR count). The minimum atomic E-state index is -1.35. The number of rotatable bonds is 8. The van der Waals surface area contributed by atoms with Crippen molar-refractivity contribution in [2.45, 2.75) is 72.0 Å². The SMILES string of the molecule is CC(C)[C@H](O)C(=O)O[C@H](C)[C@H](NC(=O)OC(C)(C)C)C(=O)OCc1ccccc1. The second-order valence-electron chi connectivity index (χ2n) is 8.05. The molecule has 0 aromatic heterocycles. The zero-order valence-corrected chi connectivity index (χ0v) is 17.8. The molecule has 0 fully saturated rings. The summed E-state index contributed by atoms with van der Waals surface area (Å²) in [5, 5.41) is 12.2. The number of aliphatic hydroxyl groups excluding tert-OH is 1. The Morgan fingerprint density at radius 1 is 1.03 bits per heavy atom. The zero-order valence-electron chi connectivity index (χ0n) is 17.8. The molecule has 0 aliphatic heterocycles. The molecule has 3 atom stereocenters. The first-order valence-electron chi connectivity index (χ1n) is 9.49. The van der Waals surface area contributed by atoms with E-state index < -0.39 is 41.9 Å². The van der Waals surface area contributed by atoms with Crippen molar-refractivity contribution in [1.82, 2.24) is 5.32 Å². The van der Waals surface area contributed by atoms with Gasteiger partial charge >= 0.3 is 18.0 Å². The van der Waals surface area contributed by atoms with Gasteiger partial charge in [-0.05, 0) is 39.2 Å². The normalized spacial score (nSPS) is 14.5. The number of esters is 2. The van der Waals surface area contributed by atoms with Crippen molar-refractivity contribution in [3.8, 4) is 0 Å². The van der Waals surface area contributed by atoms with Gasteiger partial charge in [0.15, 0.2) is 12.1 Å². The largest absolute Gasteiger partial charge is 0.459 e. The fourth-order valence-electron chi connectivity index (χ4n) is 2.21. The number of carbonyl (C=O) groups is 3. The minimum absolute atomic E-state index is 0.0124. The molecule has 0 aliphatic rings. The van der Waals surface area contributed by atoms with Crippen LogP contribution in [0.1, 0.15) is 47.1 Å². The highest BCUT2D eigenvalue weighted by Gasteiger charge is 2.34. The standard InChI is InChI=1S/C21H31NO7/c1-13(2)17(23)19(25)28-14(3)16(22-20(26)29-21(4,5)6)18(24)27-12-15-10-8-7-9-11-15/h7-11,13-14,16-17,23H,12H2,1-6H3,(H,22,26)/t14-,16+,17+/m1/s1. The molecule has 2 N–H and O–H groups in total. The van der Waals surface area contributed by atoms with Crippen LogP contribution in [-0.4, -0.2) is 47.0 Å². The Balaban J connectivity index is 2.87. The van der Waals surface area contributed by atoms with Gasteiger partial charge in [-0.25, -0.2) is 14.4 Å². The predicted octanol–water partition coefficient (Wildman–Crippen LogP) is 2.57. The molecular weight excluding hydrogens is 378 g/mol. The van der Waals surface area contributed by atoms with Crippen LogP contribution in [0.5, 0.6) is 0 Å². The molecule has 162 valence electrons. The highest BCUT2D eigenvalue weighted by molar-refractivity contribution is 5.83. The lowest BCUT2D eigenvalue weighted by molar-refractivity contribution is -0.166. The summed E-state index contributed by atoms with van der Waals surface area (Å²) < 4.78 is 15.6. The zero-order chi connectivity index (χ0) is 22.2. The number of benzene rings is 1. The highest BCUT2D eigenvalue weighted by atomic mass is 16.6. The van der Waals surface area contributed by atoms with E-state index in [1.54, 1.807) is 58.9 Å². The van der Waals surface area contributed by atoms with Crippen LogP contribution in [0, 0.1) is 5.92 Å². The number of alkyl carbamates (subject to hydrolysis) is 1. The molecule has 0 spiro atoms. The first kappa shape index (κ1) is 24.4. The van der Waals surface area contributed by atoms with Crippen LogP contribution in [0.4, 0.5) is 4.79 Å². The van der Waals surface area contributed by atoms with Gasteiger partial charge < -0.3 is 24.6 Å². The Hall–Kier alpha value is -2.61. The van der Waals surface area contributed by atoms with Crippen LogP contribution in [0.3, 0.4) is 0 Å². The average Bonchev–Trinajstić information content (AvgIpc) is 2.62. The second-order valence-corrected chi connectivity index (χ2v) is 8.05. The summed E-state index contributed by atoms with van der Waals surface area (Å²) in [5.74, 6) is -2.05. The van der Waals surface area contributed by atoms with E-state index in [1.165, 1.54) is 6.92 Å². The van der Waals surface area contributed by atoms with Gasteiger partial charge in [-0.15, -0.1) is 0 Å². The summed E-state index contributed by atoms with van der Waals surface area (Å²) in [6.07, 6.45) is -3.29. The maximum Gasteiger partial charge on any atom is 0.408 e. The van der Waals surface area contributed by atoms with Crippen molar-refractivity contribution in [3.05, 3.63) is 35.9 Å². The van der Waals surface area contributed by atoms with Gasteiger partial charge in [0.05, 0.1) is 0 Å². The second kappa shape index (κ2) is 10.8. The van der Waals surface area contributed by atoms with E-state index in [0.717, 1.165) is 5.56 Å². The molecule has 8 heteroatoms. The van der Waals surface area contributed by atoms with Crippen LogP contribution in [0.25, 0.3) is 0 Å². The van der Waals surface area contributed by atoms with Gasteiger partial charge in [0, 0.05) is 0 Å². The van der Waals surface area contributed by atoms with Crippen molar-refractivity contribution in [3.63, 3.8) is 0 Å². The average molecular weight is 409 g/mol. The van der Waals surface area contributed by atoms with Gasteiger partial charge in [0.25, 0.3) is 0 Å². The Labute approximate surface area is 171 Å². The summed E-state index contributed by atoms with van der Waals surface area (Å²) in [6, 6.07) is 7.70. The van der Waals surface area contributed by atoms with E-state index in [4.69, 9.17) is 14.2 Å². The van der Waals surface area contributed by atoms with Gasteiger partial charge in [-0.3, -0.25) is 0 Å². The third-order valence-electron chi connectivity index (χ3n) is 3.79. The number of aliphatic hydroxyl groups is 1. The molecule has 29 heavy (non-hydrogen) atoms. The first-order valence-corrected chi connectivity index (χ1v) is 9.49. The fraction of sp³-hybridized carbons (Fsp3) is 0.571. The maximum absolute atomic E-state index is 12.6. The number of hydrogen-bond acceptors (Lipinski definition) is 7. The number of carbonyl (C=O) groups excluding carboxylic acids is 3. The lowest BCUT2D eigenvalue weighted by Crippen LogP contribution is -2.51. The molecular formula is C21H31NO7. The monoisotopic (exact) mass is 409 g/mol. The summed E-state index contributed by atoms with van der Waals surface area (Å²) in [4.78, 5) is 36.8. The molecule has 1 aromatic rings. The number of hydrogen-bond donors (Lipinski definition) is 2. The Kier molecular flexibility index (Phi) is 9.10. The van der Waals surface area contributed by atoms with Crippen molar-refractivity contribution in [1.29, 1.82) is 0 Å². The van der Waals surface area contributed by atoms with Crippen LogP contribution in [0.2, 0.25) is 0 Å². The predicted molar refractivity (Wildman–Crippen MR) is 106 cm³/mol. The molecule has 0 unspecified atom stereocenters. The minimum Gasteiger partial charge on any atom is -0.459 e. The summed E-state index contributed by atoms with van der Waals surface area (Å²) in [5.41, 5.74) is -0.0205. The molecule has 0 saturated heterocycles. The lowest BCUT2D eigenvalue weighted by Gasteiger charge is -2.27. The maximum atomic E-state index is 12.6. The molecule has 1 aromatic carbocycles. The molecule has 0 radical (unpaired) electrons. The van der Waals surface area contributed by atoms with E-state index in [-0.39, 0.29) is 12.5 Å². The van der Waals surface area contributed by atoms with Crippen molar-refractivity contribution < 1.29 is 33.7 Å². The summed E-state index contributed by atoms with van der Waals surface area (Å²) >= 11 is 0. The fourth-order valence-corrected chi connectivity index (χ4v) is 2.21. The third-order valence-corrected chi connectivity index (χ3v) is 3.79. The van der Waals surface area contributed by atoms with Crippen LogP contribution >= 0.6 is 0 Å². The molecule has 1 amide bonds. The molecule has 0 saturated carbocycles. The highest BCUT2D eigenvalue weighted by Crippen LogP contribution is 2.12. The van der Waals surface area contributed by atoms with Gasteiger partial charge in [0.1, 0.15) is 18.3 Å². The lowest BCUT2D eigenvalue weighted by atomic mass is 10.1. The Bertz CT molecular complexity index is 682. The van der Waals surface area contributed by atoms with Crippen LogP contribution in [-0.2, 0) is 30.4 Å². The van der Waals surface area contributed by atoms with E-state index in [2.05, 4.69) is 5.32 Å². The molecule has 0 aliphatic carbocycles. The number of nitrogens with one attached hydrogen (secondary N) is 1. The topological polar surface area (TPSA) is 111 Å². The van der Waals surface area contributed by atoms with Crippen LogP contribution in [0.15, 0.2) is 30.3 Å². The molecule has 0 bridgehead atoms. The Morgan fingerprint density at radius 3 is 2.14 bits per heavy atom. The van der Waals surface area contributed by atoms with Crippen molar-refractivity contribution >= 4 is 18.0 Å².